The minimum atomic E-state index is -0.176. The molecule has 0 bridgehead atoms. The van der Waals surface area contributed by atoms with E-state index in [0.29, 0.717) is 22.7 Å². The maximum Gasteiger partial charge on any atom is 0.255 e. The minimum absolute atomic E-state index is 0.176. The van der Waals surface area contributed by atoms with Crippen LogP contribution < -0.4 is 14.8 Å². The second-order valence-electron chi connectivity index (χ2n) is 4.67. The molecule has 22 heavy (non-hydrogen) atoms. The van der Waals surface area contributed by atoms with Crippen molar-refractivity contribution in [2.75, 3.05) is 12.1 Å². The summed E-state index contributed by atoms with van der Waals surface area (Å²) < 4.78 is 12.3. The van der Waals surface area contributed by atoms with Crippen LogP contribution in [-0.2, 0) is 0 Å². The smallest absolute Gasteiger partial charge is 0.255 e. The molecule has 0 atom stereocenters. The van der Waals surface area contributed by atoms with Gasteiger partial charge in [-0.1, -0.05) is 0 Å². The van der Waals surface area contributed by atoms with Crippen LogP contribution in [0.1, 0.15) is 10.4 Å². The second kappa shape index (κ2) is 5.26. The van der Waals surface area contributed by atoms with Crippen molar-refractivity contribution in [3.05, 3.63) is 45.9 Å². The van der Waals surface area contributed by atoms with Crippen LogP contribution in [0, 0.1) is 0 Å². The lowest BCUT2D eigenvalue weighted by Gasteiger charge is -2.06. The van der Waals surface area contributed by atoms with E-state index in [9.17, 15) is 4.79 Å². The van der Waals surface area contributed by atoms with Crippen LogP contribution in [0.4, 0.5) is 5.69 Å². The molecule has 1 N–H and O–H groups in total. The number of aromatic nitrogens is 1. The number of nitrogens with one attached hydrogen (secondary N) is 1. The molecule has 1 amide bonds. The number of carbonyl (C=O) groups is 1. The van der Waals surface area contributed by atoms with Gasteiger partial charge < -0.3 is 14.8 Å². The maximum absolute atomic E-state index is 12.4. The Bertz CT molecular complexity index is 894. The average molecular weight is 377 g/mol. The molecule has 1 aliphatic heterocycles. The van der Waals surface area contributed by atoms with Crippen molar-refractivity contribution in [1.29, 1.82) is 0 Å². The SMILES string of the molecule is O=C(Nc1ccc2c(c1)OCO2)c1ccc2nc(Br)sc2c1. The Morgan fingerprint density at radius 2 is 2.05 bits per heavy atom. The predicted molar refractivity (Wildman–Crippen MR) is 87.8 cm³/mol. The number of carbonyl (C=O) groups excluding carboxylic acids is 1. The summed E-state index contributed by atoms with van der Waals surface area (Å²) in [6, 6.07) is 10.7. The summed E-state index contributed by atoms with van der Waals surface area (Å²) in [5.74, 6) is 1.15. The molecule has 5 nitrogen and oxygen atoms in total. The number of fused-ring (bicyclic) bond motifs is 2. The Morgan fingerprint density at radius 1 is 1.18 bits per heavy atom. The van der Waals surface area contributed by atoms with E-state index in [2.05, 4.69) is 26.2 Å². The second-order valence-corrected chi connectivity index (χ2v) is 6.98. The molecule has 2 heterocycles. The molecule has 0 spiro atoms. The number of nitrogens with zero attached hydrogens (tertiary/aromatic N) is 1. The van der Waals surface area contributed by atoms with Crippen LogP contribution in [0.15, 0.2) is 40.3 Å². The van der Waals surface area contributed by atoms with Crippen molar-refractivity contribution in [2.24, 2.45) is 0 Å². The van der Waals surface area contributed by atoms with Gasteiger partial charge >= 0.3 is 0 Å². The number of anilines is 1. The van der Waals surface area contributed by atoms with Gasteiger partial charge in [0.25, 0.3) is 5.91 Å². The summed E-state index contributed by atoms with van der Waals surface area (Å²) in [6.07, 6.45) is 0. The highest BCUT2D eigenvalue weighted by Gasteiger charge is 2.15. The van der Waals surface area contributed by atoms with Gasteiger partial charge in [-0.15, -0.1) is 11.3 Å². The Kier molecular flexibility index (Phi) is 3.24. The zero-order valence-corrected chi connectivity index (χ0v) is 13.5. The van der Waals surface area contributed by atoms with Gasteiger partial charge in [0.15, 0.2) is 15.4 Å². The largest absolute Gasteiger partial charge is 0.454 e. The molecular weight excluding hydrogens is 368 g/mol. The van der Waals surface area contributed by atoms with Crippen LogP contribution in [0.5, 0.6) is 11.5 Å². The zero-order valence-electron chi connectivity index (χ0n) is 11.1. The molecule has 2 aromatic carbocycles. The van der Waals surface area contributed by atoms with E-state index < -0.39 is 0 Å². The quantitative estimate of drug-likeness (QED) is 0.732. The summed E-state index contributed by atoms with van der Waals surface area (Å²) in [4.78, 5) is 16.7. The fourth-order valence-corrected chi connectivity index (χ4v) is 3.66. The molecule has 0 saturated heterocycles. The summed E-state index contributed by atoms with van der Waals surface area (Å²) in [5, 5.41) is 2.86. The van der Waals surface area contributed by atoms with Gasteiger partial charge in [0.05, 0.1) is 10.2 Å². The van der Waals surface area contributed by atoms with E-state index in [0.717, 1.165) is 14.1 Å². The Balaban J connectivity index is 1.60. The first-order valence-electron chi connectivity index (χ1n) is 6.46. The summed E-state index contributed by atoms with van der Waals surface area (Å²) >= 11 is 4.84. The van der Waals surface area contributed by atoms with Crippen LogP contribution in [0.2, 0.25) is 0 Å². The number of hydrogen-bond acceptors (Lipinski definition) is 5. The van der Waals surface area contributed by atoms with Gasteiger partial charge in [0, 0.05) is 17.3 Å². The maximum atomic E-state index is 12.4. The monoisotopic (exact) mass is 376 g/mol. The summed E-state index contributed by atoms with van der Waals surface area (Å²) in [5.41, 5.74) is 2.12. The van der Waals surface area contributed by atoms with Crippen molar-refractivity contribution >= 4 is 49.1 Å². The lowest BCUT2D eigenvalue weighted by Crippen LogP contribution is -2.11. The molecule has 0 unspecified atom stereocenters. The molecule has 3 aromatic rings. The van der Waals surface area contributed by atoms with Crippen molar-refractivity contribution in [2.45, 2.75) is 0 Å². The normalized spacial score (nSPS) is 12.6. The molecule has 0 radical (unpaired) electrons. The number of amides is 1. The number of benzene rings is 2. The Labute approximate surface area is 138 Å². The first-order chi connectivity index (χ1) is 10.7. The molecule has 0 aliphatic carbocycles. The third kappa shape index (κ3) is 2.42. The van der Waals surface area contributed by atoms with Gasteiger partial charge in [-0.2, -0.15) is 0 Å². The number of hydrogen-bond donors (Lipinski definition) is 1. The Morgan fingerprint density at radius 3 is 2.95 bits per heavy atom. The van der Waals surface area contributed by atoms with Crippen molar-refractivity contribution in [3.63, 3.8) is 0 Å². The van der Waals surface area contributed by atoms with Crippen LogP contribution >= 0.6 is 27.3 Å². The van der Waals surface area contributed by atoms with Crippen molar-refractivity contribution < 1.29 is 14.3 Å². The molecule has 1 aliphatic rings. The third-order valence-electron chi connectivity index (χ3n) is 3.25. The number of rotatable bonds is 2. The molecule has 1 aromatic heterocycles. The standard InChI is InChI=1S/C15H9BrN2O3S/c16-15-18-10-3-1-8(5-13(10)22-15)14(19)17-9-2-4-11-12(6-9)21-7-20-11/h1-6H,7H2,(H,17,19). The molecule has 0 saturated carbocycles. The molecular formula is C15H9BrN2O3S. The van der Waals surface area contributed by atoms with Crippen molar-refractivity contribution in [1.82, 2.24) is 4.98 Å². The fourth-order valence-electron chi connectivity index (χ4n) is 2.22. The van der Waals surface area contributed by atoms with Gasteiger partial charge in [0.2, 0.25) is 6.79 Å². The molecule has 0 fully saturated rings. The van der Waals surface area contributed by atoms with Crippen LogP contribution in [0.3, 0.4) is 0 Å². The highest BCUT2D eigenvalue weighted by Crippen LogP contribution is 2.34. The molecule has 110 valence electrons. The van der Waals surface area contributed by atoms with Gasteiger partial charge in [-0.25, -0.2) is 4.98 Å². The zero-order chi connectivity index (χ0) is 15.1. The first kappa shape index (κ1) is 13.5. The summed E-state index contributed by atoms with van der Waals surface area (Å²) in [7, 11) is 0. The fraction of sp³-hybridized carbons (Fsp3) is 0.0667. The van der Waals surface area contributed by atoms with E-state index >= 15 is 0 Å². The average Bonchev–Trinajstić information content (AvgIpc) is 3.10. The minimum Gasteiger partial charge on any atom is -0.454 e. The first-order valence-corrected chi connectivity index (χ1v) is 8.07. The van der Waals surface area contributed by atoms with Crippen LogP contribution in [0.25, 0.3) is 10.2 Å². The highest BCUT2D eigenvalue weighted by molar-refractivity contribution is 9.11. The van der Waals surface area contributed by atoms with E-state index in [4.69, 9.17) is 9.47 Å². The lowest BCUT2D eigenvalue weighted by molar-refractivity contribution is 0.102. The number of thiazole rings is 1. The Hall–Kier alpha value is -2.12. The molecule has 7 heteroatoms. The third-order valence-corrected chi connectivity index (χ3v) is 4.72. The van der Waals surface area contributed by atoms with Gasteiger partial charge in [-0.3, -0.25) is 4.79 Å². The highest BCUT2D eigenvalue weighted by atomic mass is 79.9. The van der Waals surface area contributed by atoms with E-state index in [1.165, 1.54) is 11.3 Å². The van der Waals surface area contributed by atoms with E-state index in [1.807, 2.05) is 12.1 Å². The topological polar surface area (TPSA) is 60.5 Å². The lowest BCUT2D eigenvalue weighted by atomic mass is 10.2. The van der Waals surface area contributed by atoms with Crippen LogP contribution in [-0.4, -0.2) is 17.7 Å². The number of ether oxygens (including phenoxy) is 2. The van der Waals surface area contributed by atoms with E-state index in [-0.39, 0.29) is 12.7 Å². The predicted octanol–water partition coefficient (Wildman–Crippen LogP) is 4.04. The van der Waals surface area contributed by atoms with E-state index in [1.54, 1.807) is 24.3 Å². The molecule has 4 rings (SSSR count). The number of halogens is 1. The van der Waals surface area contributed by atoms with Gasteiger partial charge in [0.1, 0.15) is 0 Å². The van der Waals surface area contributed by atoms with Gasteiger partial charge in [-0.05, 0) is 46.3 Å². The summed E-state index contributed by atoms with van der Waals surface area (Å²) in [6.45, 7) is 0.212. The van der Waals surface area contributed by atoms with Crippen molar-refractivity contribution in [3.8, 4) is 11.5 Å².